The molecular formula is C13H14N2O. The summed E-state index contributed by atoms with van der Waals surface area (Å²) in [4.78, 5) is 4.31. The fourth-order valence-electron chi connectivity index (χ4n) is 1.70. The molecule has 1 aromatic carbocycles. The van der Waals surface area contributed by atoms with E-state index >= 15 is 0 Å². The van der Waals surface area contributed by atoms with Crippen LogP contribution in [0.25, 0.3) is 11.1 Å². The molecule has 0 atom stereocenters. The lowest BCUT2D eigenvalue weighted by atomic mass is 10.0. The minimum atomic E-state index is -0.0637. The van der Waals surface area contributed by atoms with Gasteiger partial charge in [-0.2, -0.15) is 0 Å². The molecule has 0 aliphatic carbocycles. The van der Waals surface area contributed by atoms with Gasteiger partial charge in [-0.05, 0) is 30.7 Å². The predicted molar refractivity (Wildman–Crippen MR) is 64.7 cm³/mol. The number of aliphatic hydroxyl groups excluding tert-OH is 1. The zero-order valence-electron chi connectivity index (χ0n) is 9.14. The molecule has 2 rings (SSSR count). The molecule has 2 aromatic rings. The fourth-order valence-corrected chi connectivity index (χ4v) is 1.70. The van der Waals surface area contributed by atoms with Crippen LogP contribution in [0.1, 0.15) is 11.4 Å². The summed E-state index contributed by atoms with van der Waals surface area (Å²) < 4.78 is 0. The van der Waals surface area contributed by atoms with Gasteiger partial charge in [-0.25, -0.2) is 0 Å². The van der Waals surface area contributed by atoms with Crippen molar-refractivity contribution in [1.82, 2.24) is 4.98 Å². The van der Waals surface area contributed by atoms with E-state index in [9.17, 15) is 5.11 Å². The van der Waals surface area contributed by atoms with E-state index in [1.54, 1.807) is 0 Å². The second-order valence-electron chi connectivity index (χ2n) is 3.73. The molecule has 3 nitrogen and oxygen atoms in total. The van der Waals surface area contributed by atoms with Crippen molar-refractivity contribution >= 4 is 5.69 Å². The van der Waals surface area contributed by atoms with Crippen molar-refractivity contribution in [2.24, 2.45) is 0 Å². The molecule has 0 aliphatic heterocycles. The van der Waals surface area contributed by atoms with E-state index in [-0.39, 0.29) is 6.61 Å². The standard InChI is InChI=1S/C13H14N2O/c1-9-5-6-12(13(8-16)15-9)10-3-2-4-11(14)7-10/h2-7,16H,8,14H2,1H3. The van der Waals surface area contributed by atoms with Gasteiger partial charge < -0.3 is 10.8 Å². The number of rotatable bonds is 2. The molecular weight excluding hydrogens is 200 g/mol. The van der Waals surface area contributed by atoms with Crippen LogP contribution in [0.4, 0.5) is 5.69 Å². The SMILES string of the molecule is Cc1ccc(-c2cccc(N)c2)c(CO)n1. The highest BCUT2D eigenvalue weighted by Gasteiger charge is 2.06. The first-order valence-electron chi connectivity index (χ1n) is 5.14. The van der Waals surface area contributed by atoms with E-state index in [4.69, 9.17) is 5.73 Å². The Kier molecular flexibility index (Phi) is 2.88. The summed E-state index contributed by atoms with van der Waals surface area (Å²) in [6, 6.07) is 11.5. The lowest BCUT2D eigenvalue weighted by Gasteiger charge is -2.08. The molecule has 0 fully saturated rings. The van der Waals surface area contributed by atoms with Crippen LogP contribution in [0.2, 0.25) is 0 Å². The summed E-state index contributed by atoms with van der Waals surface area (Å²) in [6.45, 7) is 1.84. The zero-order chi connectivity index (χ0) is 11.5. The number of aliphatic hydroxyl groups is 1. The molecule has 1 aromatic heterocycles. The second-order valence-corrected chi connectivity index (χ2v) is 3.73. The molecule has 0 amide bonds. The molecule has 0 bridgehead atoms. The second kappa shape index (κ2) is 4.33. The lowest BCUT2D eigenvalue weighted by Crippen LogP contribution is -1.96. The highest BCUT2D eigenvalue weighted by Crippen LogP contribution is 2.24. The molecule has 3 heteroatoms. The van der Waals surface area contributed by atoms with Crippen molar-refractivity contribution in [1.29, 1.82) is 0 Å². The molecule has 0 radical (unpaired) electrons. The summed E-state index contributed by atoms with van der Waals surface area (Å²) in [7, 11) is 0. The molecule has 1 heterocycles. The highest BCUT2D eigenvalue weighted by molar-refractivity contribution is 5.69. The number of nitrogens with two attached hydrogens (primary N) is 1. The van der Waals surface area contributed by atoms with Crippen molar-refractivity contribution in [3.05, 3.63) is 47.8 Å². The molecule has 0 aliphatic rings. The van der Waals surface area contributed by atoms with Crippen LogP contribution in [0.3, 0.4) is 0 Å². The van der Waals surface area contributed by atoms with Gasteiger partial charge >= 0.3 is 0 Å². The molecule has 0 unspecified atom stereocenters. The number of benzene rings is 1. The average molecular weight is 214 g/mol. The molecule has 0 spiro atoms. The molecule has 0 saturated heterocycles. The highest BCUT2D eigenvalue weighted by atomic mass is 16.3. The summed E-state index contributed by atoms with van der Waals surface area (Å²) in [6.07, 6.45) is 0. The van der Waals surface area contributed by atoms with Crippen molar-refractivity contribution in [2.45, 2.75) is 13.5 Å². The lowest BCUT2D eigenvalue weighted by molar-refractivity contribution is 0.277. The normalized spacial score (nSPS) is 10.4. The van der Waals surface area contributed by atoms with E-state index in [1.165, 1.54) is 0 Å². The topological polar surface area (TPSA) is 59.1 Å². The summed E-state index contributed by atoms with van der Waals surface area (Å²) in [5.41, 5.74) is 9.94. The Morgan fingerprint density at radius 3 is 2.75 bits per heavy atom. The van der Waals surface area contributed by atoms with Crippen molar-refractivity contribution in [3.8, 4) is 11.1 Å². The summed E-state index contributed by atoms with van der Waals surface area (Å²) in [5.74, 6) is 0. The Labute approximate surface area is 94.6 Å². The van der Waals surface area contributed by atoms with Gasteiger partial charge in [-0.1, -0.05) is 18.2 Å². The Morgan fingerprint density at radius 1 is 1.25 bits per heavy atom. The van der Waals surface area contributed by atoms with Crippen LogP contribution in [-0.2, 0) is 6.61 Å². The number of nitrogen functional groups attached to an aromatic ring is 1. The van der Waals surface area contributed by atoms with Crippen LogP contribution < -0.4 is 5.73 Å². The van der Waals surface area contributed by atoms with Gasteiger partial charge in [0.25, 0.3) is 0 Å². The summed E-state index contributed by atoms with van der Waals surface area (Å²) >= 11 is 0. The Hall–Kier alpha value is -1.87. The monoisotopic (exact) mass is 214 g/mol. The van der Waals surface area contributed by atoms with E-state index < -0.39 is 0 Å². The smallest absolute Gasteiger partial charge is 0.0859 e. The summed E-state index contributed by atoms with van der Waals surface area (Å²) in [5, 5.41) is 9.28. The Morgan fingerprint density at radius 2 is 2.06 bits per heavy atom. The van der Waals surface area contributed by atoms with Crippen molar-refractivity contribution in [2.75, 3.05) is 5.73 Å². The van der Waals surface area contributed by atoms with Crippen LogP contribution in [-0.4, -0.2) is 10.1 Å². The first kappa shape index (κ1) is 10.6. The van der Waals surface area contributed by atoms with Gasteiger partial charge in [0.15, 0.2) is 0 Å². The number of aryl methyl sites for hydroxylation is 1. The average Bonchev–Trinajstić information content (AvgIpc) is 2.28. The third-order valence-corrected chi connectivity index (χ3v) is 2.46. The molecule has 82 valence electrons. The number of hydrogen-bond donors (Lipinski definition) is 2. The van der Waals surface area contributed by atoms with Gasteiger partial charge in [0.1, 0.15) is 0 Å². The third kappa shape index (κ3) is 2.04. The van der Waals surface area contributed by atoms with Crippen molar-refractivity contribution < 1.29 is 5.11 Å². The van der Waals surface area contributed by atoms with Crippen LogP contribution >= 0.6 is 0 Å². The number of hydrogen-bond acceptors (Lipinski definition) is 3. The van der Waals surface area contributed by atoms with Gasteiger partial charge in [0, 0.05) is 16.9 Å². The minimum Gasteiger partial charge on any atom is -0.399 e. The van der Waals surface area contributed by atoms with E-state index in [0.717, 1.165) is 16.8 Å². The first-order valence-corrected chi connectivity index (χ1v) is 5.14. The van der Waals surface area contributed by atoms with E-state index in [2.05, 4.69) is 4.98 Å². The molecule has 0 saturated carbocycles. The number of aromatic nitrogens is 1. The largest absolute Gasteiger partial charge is 0.399 e. The Balaban J connectivity index is 2.55. The first-order chi connectivity index (χ1) is 7.70. The van der Waals surface area contributed by atoms with E-state index in [0.29, 0.717) is 11.4 Å². The van der Waals surface area contributed by atoms with Crippen LogP contribution in [0.5, 0.6) is 0 Å². The van der Waals surface area contributed by atoms with Gasteiger partial charge in [-0.15, -0.1) is 0 Å². The number of nitrogens with zero attached hydrogens (tertiary/aromatic N) is 1. The number of pyridine rings is 1. The maximum atomic E-state index is 9.28. The maximum Gasteiger partial charge on any atom is 0.0859 e. The third-order valence-electron chi connectivity index (χ3n) is 2.46. The zero-order valence-corrected chi connectivity index (χ0v) is 9.14. The van der Waals surface area contributed by atoms with Gasteiger partial charge in [0.2, 0.25) is 0 Å². The molecule has 3 N–H and O–H groups in total. The minimum absolute atomic E-state index is 0.0637. The Bertz CT molecular complexity index is 509. The van der Waals surface area contributed by atoms with E-state index in [1.807, 2.05) is 43.3 Å². The van der Waals surface area contributed by atoms with Gasteiger partial charge in [-0.3, -0.25) is 4.98 Å². The fraction of sp³-hybridized carbons (Fsp3) is 0.154. The van der Waals surface area contributed by atoms with Gasteiger partial charge in [0.05, 0.1) is 12.3 Å². The van der Waals surface area contributed by atoms with Crippen LogP contribution in [0, 0.1) is 6.92 Å². The maximum absolute atomic E-state index is 9.28. The molecule has 16 heavy (non-hydrogen) atoms. The predicted octanol–water partition coefficient (Wildman–Crippen LogP) is 2.13. The van der Waals surface area contributed by atoms with Crippen molar-refractivity contribution in [3.63, 3.8) is 0 Å². The number of anilines is 1. The van der Waals surface area contributed by atoms with Crippen LogP contribution in [0.15, 0.2) is 36.4 Å². The quantitative estimate of drug-likeness (QED) is 0.753.